The van der Waals surface area contributed by atoms with E-state index in [9.17, 15) is 18.0 Å². The van der Waals surface area contributed by atoms with Crippen LogP contribution in [0.3, 0.4) is 0 Å². The Morgan fingerprint density at radius 3 is 2.48 bits per heavy atom. The van der Waals surface area contributed by atoms with Gasteiger partial charge in [-0.3, -0.25) is 4.79 Å². The molecule has 0 unspecified atom stereocenters. The minimum atomic E-state index is -4.82. The maximum absolute atomic E-state index is 12.5. The van der Waals surface area contributed by atoms with Gasteiger partial charge >= 0.3 is 6.36 Å². The van der Waals surface area contributed by atoms with Gasteiger partial charge in [0.05, 0.1) is 16.8 Å². The summed E-state index contributed by atoms with van der Waals surface area (Å²) in [6.07, 6.45) is -4.82. The number of halogens is 3. The fourth-order valence-corrected chi connectivity index (χ4v) is 2.53. The number of guanidine groups is 1. The maximum atomic E-state index is 12.5. The van der Waals surface area contributed by atoms with Gasteiger partial charge in [-0.1, -0.05) is 30.3 Å². The highest BCUT2D eigenvalue weighted by molar-refractivity contribution is 6.10. The smallest absolute Gasteiger partial charge is 0.406 e. The van der Waals surface area contributed by atoms with E-state index in [1.807, 2.05) is 0 Å². The number of amides is 1. The Morgan fingerprint density at radius 1 is 1.04 bits per heavy atom. The molecule has 0 saturated carbocycles. The zero-order valence-electron chi connectivity index (χ0n) is 13.7. The lowest BCUT2D eigenvalue weighted by Crippen LogP contribution is -2.24. The van der Waals surface area contributed by atoms with E-state index < -0.39 is 24.0 Å². The number of rotatable bonds is 3. The third kappa shape index (κ3) is 4.32. The number of benzene rings is 2. The normalized spacial score (nSPS) is 11.2. The number of ether oxygens (including phenoxy) is 1. The van der Waals surface area contributed by atoms with Gasteiger partial charge in [0.1, 0.15) is 5.75 Å². The predicted octanol–water partition coefficient (Wildman–Crippen LogP) is 3.21. The Kier molecular flexibility index (Phi) is 4.68. The number of hydrogen-bond acceptors (Lipinski definition) is 3. The summed E-state index contributed by atoms with van der Waals surface area (Å²) >= 11 is 0. The monoisotopic (exact) mass is 374 g/mol. The van der Waals surface area contributed by atoms with Crippen LogP contribution in [0, 0.1) is 0 Å². The first-order valence-electron chi connectivity index (χ1n) is 7.63. The molecule has 4 N–H and O–H groups in total. The van der Waals surface area contributed by atoms with E-state index in [1.165, 1.54) is 24.3 Å². The molecule has 0 fully saturated rings. The Bertz CT molecular complexity index is 1040. The van der Waals surface area contributed by atoms with Crippen LogP contribution in [0.1, 0.15) is 10.4 Å². The predicted molar refractivity (Wildman–Crippen MR) is 94.0 cm³/mol. The van der Waals surface area contributed by atoms with Crippen LogP contribution in [0.4, 0.5) is 13.2 Å². The molecule has 0 spiro atoms. The Balaban J connectivity index is 2.14. The lowest BCUT2D eigenvalue weighted by Gasteiger charge is -2.11. The van der Waals surface area contributed by atoms with Crippen molar-refractivity contribution in [2.75, 3.05) is 0 Å². The second-order valence-corrected chi connectivity index (χ2v) is 5.49. The number of pyridine rings is 1. The van der Waals surface area contributed by atoms with E-state index in [0.717, 1.165) is 0 Å². The van der Waals surface area contributed by atoms with Gasteiger partial charge in [0.15, 0.2) is 5.96 Å². The van der Waals surface area contributed by atoms with Crippen molar-refractivity contribution in [1.29, 1.82) is 0 Å². The fourth-order valence-electron chi connectivity index (χ4n) is 2.53. The number of carbonyl (C=O) groups is 1. The molecule has 0 saturated heterocycles. The average Bonchev–Trinajstić information content (AvgIpc) is 2.59. The average molecular weight is 374 g/mol. The summed E-state index contributed by atoms with van der Waals surface area (Å²) in [7, 11) is 0. The number of nitrogens with zero attached hydrogens (tertiary/aromatic N) is 2. The summed E-state index contributed by atoms with van der Waals surface area (Å²) in [5, 5.41) is 0.513. The molecule has 9 heteroatoms. The minimum absolute atomic E-state index is 0.172. The summed E-state index contributed by atoms with van der Waals surface area (Å²) in [4.78, 5) is 20.3. The lowest BCUT2D eigenvalue weighted by molar-refractivity contribution is -0.274. The number of nitrogens with two attached hydrogens (primary N) is 2. The number of carbonyl (C=O) groups excluding carboxylic acids is 1. The molecule has 0 atom stereocenters. The van der Waals surface area contributed by atoms with Crippen LogP contribution in [0.15, 0.2) is 59.6 Å². The first-order chi connectivity index (χ1) is 12.7. The first kappa shape index (κ1) is 18.2. The summed E-state index contributed by atoms with van der Waals surface area (Å²) in [6, 6.07) is 13.5. The van der Waals surface area contributed by atoms with Gasteiger partial charge in [0, 0.05) is 10.9 Å². The number of hydrogen-bond donors (Lipinski definition) is 2. The van der Waals surface area contributed by atoms with E-state index in [4.69, 9.17) is 11.5 Å². The molecule has 0 aliphatic rings. The molecule has 0 aliphatic carbocycles. The van der Waals surface area contributed by atoms with Gasteiger partial charge in [-0.2, -0.15) is 4.99 Å². The maximum Gasteiger partial charge on any atom is 0.573 e. The molecule has 0 bridgehead atoms. The zero-order valence-corrected chi connectivity index (χ0v) is 13.7. The lowest BCUT2D eigenvalue weighted by atomic mass is 10.0. The molecular weight excluding hydrogens is 361 g/mol. The second-order valence-electron chi connectivity index (χ2n) is 5.49. The van der Waals surface area contributed by atoms with Crippen LogP contribution in [0.5, 0.6) is 5.75 Å². The molecule has 3 aromatic rings. The van der Waals surface area contributed by atoms with Crippen LogP contribution in [0.2, 0.25) is 0 Å². The third-order valence-electron chi connectivity index (χ3n) is 3.54. The first-order valence-corrected chi connectivity index (χ1v) is 7.63. The quantitative estimate of drug-likeness (QED) is 0.541. The van der Waals surface area contributed by atoms with Gasteiger partial charge in [-0.15, -0.1) is 13.2 Å². The summed E-state index contributed by atoms with van der Waals surface area (Å²) < 4.78 is 41.3. The van der Waals surface area contributed by atoms with Gasteiger partial charge in [-0.05, 0) is 24.3 Å². The van der Waals surface area contributed by atoms with E-state index in [-0.39, 0.29) is 11.3 Å². The van der Waals surface area contributed by atoms with Gasteiger partial charge in [0.2, 0.25) is 0 Å². The molecule has 1 aromatic heterocycles. The topological polar surface area (TPSA) is 104 Å². The Labute approximate surface area is 151 Å². The molecular formula is C18H13F3N4O2. The largest absolute Gasteiger partial charge is 0.573 e. The van der Waals surface area contributed by atoms with Crippen LogP contribution in [-0.4, -0.2) is 23.2 Å². The Morgan fingerprint density at radius 2 is 1.78 bits per heavy atom. The summed E-state index contributed by atoms with van der Waals surface area (Å²) in [6.45, 7) is 0. The van der Waals surface area contributed by atoms with Crippen LogP contribution in [-0.2, 0) is 0 Å². The molecule has 6 nitrogen and oxygen atoms in total. The minimum Gasteiger partial charge on any atom is -0.406 e. The molecule has 1 heterocycles. The van der Waals surface area contributed by atoms with E-state index in [2.05, 4.69) is 14.7 Å². The number of aromatic nitrogens is 1. The van der Waals surface area contributed by atoms with Crippen LogP contribution >= 0.6 is 0 Å². The third-order valence-corrected chi connectivity index (χ3v) is 3.54. The highest BCUT2D eigenvalue weighted by Gasteiger charge is 2.31. The van der Waals surface area contributed by atoms with Crippen molar-refractivity contribution in [1.82, 2.24) is 4.98 Å². The highest BCUT2D eigenvalue weighted by atomic mass is 19.4. The van der Waals surface area contributed by atoms with Crippen molar-refractivity contribution < 1.29 is 22.7 Å². The van der Waals surface area contributed by atoms with Crippen molar-refractivity contribution in [3.63, 3.8) is 0 Å². The molecule has 27 heavy (non-hydrogen) atoms. The van der Waals surface area contributed by atoms with Crippen LogP contribution in [0.25, 0.3) is 22.2 Å². The van der Waals surface area contributed by atoms with Crippen molar-refractivity contribution in [2.24, 2.45) is 16.5 Å². The van der Waals surface area contributed by atoms with Crippen molar-refractivity contribution >= 4 is 22.8 Å². The number of fused-ring (bicyclic) bond motifs is 1. The van der Waals surface area contributed by atoms with E-state index in [0.29, 0.717) is 16.5 Å². The molecule has 0 radical (unpaired) electrons. The SMILES string of the molecule is NC(N)=NC(=O)c1cc(-c2cccc(OC(F)(F)F)c2)nc2ccccc12. The molecule has 138 valence electrons. The number of alkyl halides is 3. The zero-order chi connectivity index (χ0) is 19.6. The van der Waals surface area contributed by atoms with Gasteiger partial charge in [-0.25, -0.2) is 4.98 Å². The van der Waals surface area contributed by atoms with E-state index in [1.54, 1.807) is 30.3 Å². The molecule has 2 aromatic carbocycles. The summed E-state index contributed by atoms with van der Waals surface area (Å²) in [5.74, 6) is -1.48. The fraction of sp³-hybridized carbons (Fsp3) is 0.0556. The van der Waals surface area contributed by atoms with E-state index >= 15 is 0 Å². The van der Waals surface area contributed by atoms with Gasteiger partial charge < -0.3 is 16.2 Å². The summed E-state index contributed by atoms with van der Waals surface area (Å²) in [5.41, 5.74) is 11.8. The van der Waals surface area contributed by atoms with Crippen molar-refractivity contribution in [2.45, 2.75) is 6.36 Å². The van der Waals surface area contributed by atoms with Crippen molar-refractivity contribution in [3.05, 3.63) is 60.2 Å². The molecule has 0 aliphatic heterocycles. The number of aliphatic imine (C=N–C) groups is 1. The standard InChI is InChI=1S/C18H13F3N4O2/c19-18(20,21)27-11-5-3-4-10(8-11)15-9-13(16(26)25-17(22)23)12-6-1-2-7-14(12)24-15/h1-9H,(H4,22,23,25,26). The molecule has 1 amide bonds. The van der Waals surface area contributed by atoms with Gasteiger partial charge in [0.25, 0.3) is 5.91 Å². The van der Waals surface area contributed by atoms with Crippen molar-refractivity contribution in [3.8, 4) is 17.0 Å². The molecule has 3 rings (SSSR count). The second kappa shape index (κ2) is 6.94. The number of para-hydroxylation sites is 1. The Hall–Kier alpha value is -3.62. The van der Waals surface area contributed by atoms with Crippen LogP contribution < -0.4 is 16.2 Å². The highest BCUT2D eigenvalue weighted by Crippen LogP contribution is 2.29.